The predicted octanol–water partition coefficient (Wildman–Crippen LogP) is 1.08. The van der Waals surface area contributed by atoms with Crippen LogP contribution in [0.3, 0.4) is 0 Å². The normalized spacial score (nSPS) is 15.4. The summed E-state index contributed by atoms with van der Waals surface area (Å²) in [6.45, 7) is 7.39. The minimum Gasteiger partial charge on any atom is -0.330 e. The molecule has 2 unspecified atom stereocenters. The van der Waals surface area contributed by atoms with Crippen molar-refractivity contribution >= 4 is 0 Å². The molecule has 0 amide bonds. The van der Waals surface area contributed by atoms with E-state index in [-0.39, 0.29) is 0 Å². The number of nitrogens with one attached hydrogen (secondary N) is 1. The first-order valence-corrected chi connectivity index (χ1v) is 5.87. The zero-order chi connectivity index (χ0) is 10.8. The fourth-order valence-electron chi connectivity index (χ4n) is 1.30. The highest BCUT2D eigenvalue weighted by atomic mass is 14.9. The summed E-state index contributed by atoms with van der Waals surface area (Å²) in [7, 11) is 0. The molecule has 0 heterocycles. The van der Waals surface area contributed by atoms with E-state index in [0.29, 0.717) is 6.04 Å². The summed E-state index contributed by atoms with van der Waals surface area (Å²) in [5.74, 6) is 0.773. The standard InChI is InChI=1S/C11H27N3/c1-3-10(2)9-14-8-6-11(13)5-4-7-12/h10-11,14H,3-9,12-13H2,1-2H3. The van der Waals surface area contributed by atoms with Crippen molar-refractivity contribution < 1.29 is 0 Å². The second kappa shape index (κ2) is 9.44. The molecule has 0 aromatic rings. The van der Waals surface area contributed by atoms with Crippen molar-refractivity contribution in [1.82, 2.24) is 5.32 Å². The Morgan fingerprint density at radius 2 is 2.00 bits per heavy atom. The van der Waals surface area contributed by atoms with Crippen LogP contribution in [0.4, 0.5) is 0 Å². The predicted molar refractivity (Wildman–Crippen MR) is 63.2 cm³/mol. The van der Waals surface area contributed by atoms with Crippen molar-refractivity contribution in [2.24, 2.45) is 17.4 Å². The fourth-order valence-corrected chi connectivity index (χ4v) is 1.30. The Balaban J connectivity index is 3.18. The SMILES string of the molecule is CCC(C)CNCCC(N)CCCN. The third kappa shape index (κ3) is 8.48. The number of rotatable bonds is 9. The minimum atomic E-state index is 0.322. The first-order valence-electron chi connectivity index (χ1n) is 5.87. The van der Waals surface area contributed by atoms with Gasteiger partial charge < -0.3 is 16.8 Å². The largest absolute Gasteiger partial charge is 0.330 e. The Labute approximate surface area is 88.6 Å². The summed E-state index contributed by atoms with van der Waals surface area (Å²) in [6.07, 6.45) is 4.41. The first-order chi connectivity index (χ1) is 6.70. The van der Waals surface area contributed by atoms with Crippen LogP contribution >= 0.6 is 0 Å². The van der Waals surface area contributed by atoms with Gasteiger partial charge in [-0.25, -0.2) is 0 Å². The lowest BCUT2D eigenvalue weighted by atomic mass is 10.1. The zero-order valence-corrected chi connectivity index (χ0v) is 9.76. The van der Waals surface area contributed by atoms with Gasteiger partial charge in [0.05, 0.1) is 0 Å². The van der Waals surface area contributed by atoms with E-state index in [4.69, 9.17) is 11.5 Å². The Kier molecular flexibility index (Phi) is 9.35. The van der Waals surface area contributed by atoms with Gasteiger partial charge in [-0.1, -0.05) is 20.3 Å². The molecule has 0 saturated carbocycles. The van der Waals surface area contributed by atoms with Crippen molar-refractivity contribution in [3.8, 4) is 0 Å². The van der Waals surface area contributed by atoms with E-state index in [9.17, 15) is 0 Å². The number of nitrogens with two attached hydrogens (primary N) is 2. The monoisotopic (exact) mass is 201 g/mol. The van der Waals surface area contributed by atoms with Gasteiger partial charge in [-0.3, -0.25) is 0 Å². The Morgan fingerprint density at radius 1 is 1.29 bits per heavy atom. The molecule has 0 fully saturated rings. The van der Waals surface area contributed by atoms with Gasteiger partial charge >= 0.3 is 0 Å². The van der Waals surface area contributed by atoms with Gasteiger partial charge in [-0.05, 0) is 44.8 Å². The highest BCUT2D eigenvalue weighted by Gasteiger charge is 2.02. The van der Waals surface area contributed by atoms with Crippen molar-refractivity contribution in [3.05, 3.63) is 0 Å². The first kappa shape index (κ1) is 13.9. The smallest absolute Gasteiger partial charge is 0.00513 e. The molecule has 86 valence electrons. The van der Waals surface area contributed by atoms with Gasteiger partial charge in [0.2, 0.25) is 0 Å². The van der Waals surface area contributed by atoms with Crippen molar-refractivity contribution in [2.75, 3.05) is 19.6 Å². The summed E-state index contributed by atoms with van der Waals surface area (Å²) in [4.78, 5) is 0. The molecule has 0 radical (unpaired) electrons. The average Bonchev–Trinajstić information content (AvgIpc) is 2.21. The van der Waals surface area contributed by atoms with Crippen molar-refractivity contribution in [3.63, 3.8) is 0 Å². The van der Waals surface area contributed by atoms with E-state index in [1.54, 1.807) is 0 Å². The molecule has 0 bridgehead atoms. The Morgan fingerprint density at radius 3 is 2.57 bits per heavy atom. The Hall–Kier alpha value is -0.120. The molecule has 0 saturated heterocycles. The molecule has 0 spiro atoms. The van der Waals surface area contributed by atoms with Crippen LogP contribution in [0.1, 0.15) is 39.5 Å². The quantitative estimate of drug-likeness (QED) is 0.489. The highest BCUT2D eigenvalue weighted by molar-refractivity contribution is 4.64. The second-order valence-corrected chi connectivity index (χ2v) is 4.20. The van der Waals surface area contributed by atoms with Crippen molar-refractivity contribution in [2.45, 2.75) is 45.6 Å². The third-order valence-electron chi connectivity index (χ3n) is 2.66. The van der Waals surface area contributed by atoms with Gasteiger partial charge in [0, 0.05) is 6.04 Å². The number of hydrogen-bond donors (Lipinski definition) is 3. The van der Waals surface area contributed by atoms with Gasteiger partial charge in [0.15, 0.2) is 0 Å². The molecular formula is C11H27N3. The van der Waals surface area contributed by atoms with Crippen LogP contribution < -0.4 is 16.8 Å². The fraction of sp³-hybridized carbons (Fsp3) is 1.00. The van der Waals surface area contributed by atoms with Gasteiger partial charge in [0.1, 0.15) is 0 Å². The van der Waals surface area contributed by atoms with E-state index in [1.165, 1.54) is 6.42 Å². The molecular weight excluding hydrogens is 174 g/mol. The van der Waals surface area contributed by atoms with E-state index < -0.39 is 0 Å². The Bertz CT molecular complexity index is 117. The summed E-state index contributed by atoms with van der Waals surface area (Å²) in [5, 5.41) is 3.43. The van der Waals surface area contributed by atoms with E-state index >= 15 is 0 Å². The summed E-state index contributed by atoms with van der Waals surface area (Å²) < 4.78 is 0. The maximum absolute atomic E-state index is 5.91. The van der Waals surface area contributed by atoms with E-state index in [0.717, 1.165) is 44.8 Å². The number of hydrogen-bond acceptors (Lipinski definition) is 3. The van der Waals surface area contributed by atoms with Crippen LogP contribution in [0.15, 0.2) is 0 Å². The van der Waals surface area contributed by atoms with Crippen LogP contribution in [-0.4, -0.2) is 25.7 Å². The third-order valence-corrected chi connectivity index (χ3v) is 2.66. The molecule has 0 rings (SSSR count). The van der Waals surface area contributed by atoms with Crippen LogP contribution in [0.2, 0.25) is 0 Å². The summed E-state index contributed by atoms with van der Waals surface area (Å²) >= 11 is 0. The molecule has 14 heavy (non-hydrogen) atoms. The topological polar surface area (TPSA) is 64.1 Å². The van der Waals surface area contributed by atoms with Crippen molar-refractivity contribution in [1.29, 1.82) is 0 Å². The van der Waals surface area contributed by atoms with Crippen LogP contribution in [0.25, 0.3) is 0 Å². The molecule has 0 aliphatic heterocycles. The lowest BCUT2D eigenvalue weighted by Gasteiger charge is -2.13. The van der Waals surface area contributed by atoms with Crippen LogP contribution in [-0.2, 0) is 0 Å². The van der Waals surface area contributed by atoms with Gasteiger partial charge in [-0.15, -0.1) is 0 Å². The molecule has 3 nitrogen and oxygen atoms in total. The van der Waals surface area contributed by atoms with Gasteiger partial charge in [0.25, 0.3) is 0 Å². The zero-order valence-electron chi connectivity index (χ0n) is 9.76. The minimum absolute atomic E-state index is 0.322. The molecule has 5 N–H and O–H groups in total. The summed E-state index contributed by atoms with van der Waals surface area (Å²) in [6, 6.07) is 0.322. The lowest BCUT2D eigenvalue weighted by molar-refractivity contribution is 0.468. The molecule has 3 heteroatoms. The maximum atomic E-state index is 5.91. The molecule has 0 aliphatic rings. The van der Waals surface area contributed by atoms with E-state index in [1.807, 2.05) is 0 Å². The van der Waals surface area contributed by atoms with Crippen LogP contribution in [0, 0.1) is 5.92 Å². The van der Waals surface area contributed by atoms with Gasteiger partial charge in [-0.2, -0.15) is 0 Å². The second-order valence-electron chi connectivity index (χ2n) is 4.20. The average molecular weight is 201 g/mol. The molecule has 0 aromatic heterocycles. The highest BCUT2D eigenvalue weighted by Crippen LogP contribution is 1.99. The molecule has 0 aliphatic carbocycles. The van der Waals surface area contributed by atoms with E-state index in [2.05, 4.69) is 19.2 Å². The summed E-state index contributed by atoms with van der Waals surface area (Å²) in [5.41, 5.74) is 11.3. The molecule has 0 aromatic carbocycles. The van der Waals surface area contributed by atoms with Crippen LogP contribution in [0.5, 0.6) is 0 Å². The lowest BCUT2D eigenvalue weighted by Crippen LogP contribution is -2.29. The molecule has 2 atom stereocenters. The maximum Gasteiger partial charge on any atom is 0.00513 e.